The van der Waals surface area contributed by atoms with Gasteiger partial charge in [0.25, 0.3) is 0 Å². The number of alkyl halides is 6. The molecule has 0 unspecified atom stereocenters. The Morgan fingerprint density at radius 1 is 0.688 bits per heavy atom. The normalized spacial score (nSPS) is 13.0. The van der Waals surface area contributed by atoms with Gasteiger partial charge in [-0.15, -0.1) is 0 Å². The number of aliphatic imine (C=N–C) groups is 1. The van der Waals surface area contributed by atoms with Crippen LogP contribution in [0.2, 0.25) is 0 Å². The van der Waals surface area contributed by atoms with Gasteiger partial charge in [-0.2, -0.15) is 26.3 Å². The van der Waals surface area contributed by atoms with Gasteiger partial charge in [0.15, 0.2) is 0 Å². The van der Waals surface area contributed by atoms with E-state index in [2.05, 4.69) is 4.99 Å². The second kappa shape index (κ2) is 8.98. The van der Waals surface area contributed by atoms with Crippen molar-refractivity contribution in [3.63, 3.8) is 0 Å². The van der Waals surface area contributed by atoms with Crippen LogP contribution in [-0.4, -0.2) is 5.17 Å². The molecule has 0 fully saturated rings. The van der Waals surface area contributed by atoms with E-state index in [0.717, 1.165) is 24.3 Å². The average molecular weight is 470 g/mol. The fourth-order valence-electron chi connectivity index (χ4n) is 3.04. The molecule has 0 N–H and O–H groups in total. The van der Waals surface area contributed by atoms with Crippen LogP contribution in [0.15, 0.2) is 71.7 Å². The highest BCUT2D eigenvalue weighted by Gasteiger charge is 2.31. The van der Waals surface area contributed by atoms with Crippen molar-refractivity contribution in [1.29, 1.82) is 0 Å². The first-order chi connectivity index (χ1) is 14.9. The van der Waals surface area contributed by atoms with E-state index in [-0.39, 0.29) is 11.1 Å². The summed E-state index contributed by atoms with van der Waals surface area (Å²) < 4.78 is 77.7. The summed E-state index contributed by atoms with van der Waals surface area (Å²) >= 11 is 6.29. The molecule has 0 saturated heterocycles. The lowest BCUT2D eigenvalue weighted by Gasteiger charge is -2.15. The van der Waals surface area contributed by atoms with E-state index in [1.165, 1.54) is 24.3 Å². The zero-order valence-corrected chi connectivity index (χ0v) is 17.8. The molecule has 0 aliphatic heterocycles. The Balaban J connectivity index is 2.18. The number of benzene rings is 3. The van der Waals surface area contributed by atoms with E-state index in [1.807, 2.05) is 13.8 Å². The van der Waals surface area contributed by atoms with E-state index >= 15 is 0 Å². The fraction of sp³-hybridized carbons (Fsp3) is 0.208. The molecule has 0 saturated carbocycles. The lowest BCUT2D eigenvalue weighted by molar-refractivity contribution is -0.138. The zero-order chi connectivity index (χ0) is 23.7. The molecular formula is C24H18ClF6N. The molecule has 0 amide bonds. The van der Waals surface area contributed by atoms with Gasteiger partial charge in [0, 0.05) is 17.0 Å². The summed E-state index contributed by atoms with van der Waals surface area (Å²) in [5, 5.41) is 0.262. The minimum atomic E-state index is -4.47. The third kappa shape index (κ3) is 5.33. The number of hydrogen-bond acceptors (Lipinski definition) is 1. The van der Waals surface area contributed by atoms with Gasteiger partial charge in [-0.25, -0.2) is 4.99 Å². The molecule has 3 rings (SSSR count). The molecule has 0 spiro atoms. The van der Waals surface area contributed by atoms with Gasteiger partial charge < -0.3 is 0 Å². The average Bonchev–Trinajstić information content (AvgIpc) is 2.73. The molecule has 1 nitrogen and oxygen atoms in total. The number of hydrogen-bond donors (Lipinski definition) is 0. The monoisotopic (exact) mass is 469 g/mol. The van der Waals surface area contributed by atoms with Gasteiger partial charge >= 0.3 is 12.4 Å². The van der Waals surface area contributed by atoms with Crippen molar-refractivity contribution in [2.75, 3.05) is 0 Å². The molecule has 8 heteroatoms. The van der Waals surface area contributed by atoms with Crippen molar-refractivity contribution < 1.29 is 26.3 Å². The molecule has 0 aliphatic rings. The second-order valence-electron chi connectivity index (χ2n) is 7.44. The van der Waals surface area contributed by atoms with Crippen LogP contribution in [0.1, 0.15) is 25.0 Å². The lowest BCUT2D eigenvalue weighted by atomic mass is 9.95. The molecule has 3 aromatic rings. The Bertz CT molecular complexity index is 1040. The number of para-hydroxylation sites is 1. The molecule has 0 aromatic heterocycles. The summed E-state index contributed by atoms with van der Waals surface area (Å²) in [5.41, 5.74) is 0.754. The summed E-state index contributed by atoms with van der Waals surface area (Å²) in [4.78, 5) is 4.49. The summed E-state index contributed by atoms with van der Waals surface area (Å²) in [6, 6.07) is 14.2. The van der Waals surface area contributed by atoms with Crippen molar-refractivity contribution in [2.24, 2.45) is 10.9 Å². The van der Waals surface area contributed by atoms with Crippen molar-refractivity contribution in [3.8, 4) is 22.3 Å². The highest BCUT2D eigenvalue weighted by Crippen LogP contribution is 2.41. The standard InChI is InChI=1S/C24H18ClF6N/c1-14(2)22(25)32-21-19(15-6-10-17(11-7-15)23(26,27)28)4-3-5-20(21)16-8-12-18(13-9-16)24(29,30)31/h3-14H,1-2H3. The van der Waals surface area contributed by atoms with Crippen molar-refractivity contribution >= 4 is 22.5 Å². The van der Waals surface area contributed by atoms with Gasteiger partial charge in [-0.1, -0.05) is 67.9 Å². The number of halogens is 7. The zero-order valence-electron chi connectivity index (χ0n) is 17.0. The van der Waals surface area contributed by atoms with Crippen LogP contribution in [0.5, 0.6) is 0 Å². The highest BCUT2D eigenvalue weighted by molar-refractivity contribution is 6.66. The molecule has 168 valence electrons. The molecule has 3 aromatic carbocycles. The summed E-state index contributed by atoms with van der Waals surface area (Å²) in [7, 11) is 0. The third-order valence-electron chi connectivity index (χ3n) is 4.78. The Hall–Kier alpha value is -2.80. The Morgan fingerprint density at radius 2 is 1.06 bits per heavy atom. The molecule has 0 radical (unpaired) electrons. The highest BCUT2D eigenvalue weighted by atomic mass is 35.5. The lowest BCUT2D eigenvalue weighted by Crippen LogP contribution is -2.04. The van der Waals surface area contributed by atoms with E-state index in [0.29, 0.717) is 27.9 Å². The van der Waals surface area contributed by atoms with Crippen LogP contribution in [0.4, 0.5) is 32.0 Å². The summed E-state index contributed by atoms with van der Waals surface area (Å²) in [6.45, 7) is 3.65. The maximum Gasteiger partial charge on any atom is 0.416 e. The van der Waals surface area contributed by atoms with Gasteiger partial charge in [0.1, 0.15) is 5.17 Å². The van der Waals surface area contributed by atoms with Crippen LogP contribution in [0.25, 0.3) is 22.3 Å². The Morgan fingerprint density at radius 3 is 1.38 bits per heavy atom. The van der Waals surface area contributed by atoms with Crippen molar-refractivity contribution in [1.82, 2.24) is 0 Å². The first-order valence-electron chi connectivity index (χ1n) is 9.60. The molecular weight excluding hydrogens is 452 g/mol. The minimum Gasteiger partial charge on any atom is -0.240 e. The molecule has 0 atom stereocenters. The van der Waals surface area contributed by atoms with Crippen molar-refractivity contribution in [3.05, 3.63) is 77.9 Å². The molecule has 0 heterocycles. The predicted octanol–water partition coefficient (Wildman–Crippen LogP) is 8.98. The van der Waals surface area contributed by atoms with Crippen LogP contribution >= 0.6 is 11.6 Å². The second-order valence-corrected chi connectivity index (χ2v) is 7.83. The maximum atomic E-state index is 12.9. The van der Waals surface area contributed by atoms with E-state index in [4.69, 9.17) is 11.6 Å². The van der Waals surface area contributed by atoms with E-state index in [9.17, 15) is 26.3 Å². The molecule has 0 aliphatic carbocycles. The first kappa shape index (κ1) is 23.9. The van der Waals surface area contributed by atoms with E-state index in [1.54, 1.807) is 18.2 Å². The number of rotatable bonds is 4. The van der Waals surface area contributed by atoms with Crippen LogP contribution < -0.4 is 0 Å². The molecule has 0 bridgehead atoms. The van der Waals surface area contributed by atoms with Crippen LogP contribution in [0, 0.1) is 5.92 Å². The smallest absolute Gasteiger partial charge is 0.240 e. The minimum absolute atomic E-state index is 0.127. The first-order valence-corrected chi connectivity index (χ1v) is 9.98. The molecule has 32 heavy (non-hydrogen) atoms. The predicted molar refractivity (Wildman–Crippen MR) is 115 cm³/mol. The van der Waals surface area contributed by atoms with Gasteiger partial charge in [0.05, 0.1) is 16.8 Å². The SMILES string of the molecule is CC(C)C(Cl)=Nc1c(-c2ccc(C(F)(F)F)cc2)cccc1-c1ccc(C(F)(F)F)cc1. The Kier molecular flexibility index (Phi) is 6.69. The summed E-state index contributed by atoms with van der Waals surface area (Å²) in [6.07, 6.45) is -8.94. The van der Waals surface area contributed by atoms with Crippen LogP contribution in [-0.2, 0) is 12.4 Å². The third-order valence-corrected chi connectivity index (χ3v) is 5.30. The van der Waals surface area contributed by atoms with Gasteiger partial charge in [0.2, 0.25) is 0 Å². The topological polar surface area (TPSA) is 12.4 Å². The quantitative estimate of drug-likeness (QED) is 0.267. The number of nitrogens with zero attached hydrogens (tertiary/aromatic N) is 1. The van der Waals surface area contributed by atoms with Crippen LogP contribution in [0.3, 0.4) is 0 Å². The van der Waals surface area contributed by atoms with Gasteiger partial charge in [-0.05, 0) is 35.4 Å². The largest absolute Gasteiger partial charge is 0.416 e. The van der Waals surface area contributed by atoms with Crippen molar-refractivity contribution in [2.45, 2.75) is 26.2 Å². The van der Waals surface area contributed by atoms with Gasteiger partial charge in [-0.3, -0.25) is 0 Å². The summed E-state index contributed by atoms with van der Waals surface area (Å²) in [5.74, 6) is -0.127. The maximum absolute atomic E-state index is 12.9. The fourth-order valence-corrected chi connectivity index (χ4v) is 3.13. The van der Waals surface area contributed by atoms with E-state index < -0.39 is 23.5 Å². The Labute approximate surface area is 186 Å².